The first-order chi connectivity index (χ1) is 33.7. The Kier molecular flexibility index (Phi) is 8.66. The number of pyridine rings is 1. The molecule has 0 aliphatic rings. The molecule has 14 aromatic rings. The molecular formula is C67H41N. The lowest BCUT2D eigenvalue weighted by molar-refractivity contribution is 1.43. The Morgan fingerprint density at radius 1 is 0.221 bits per heavy atom. The first-order valence-corrected chi connectivity index (χ1v) is 23.5. The van der Waals surface area contributed by atoms with Gasteiger partial charge >= 0.3 is 0 Å². The van der Waals surface area contributed by atoms with Gasteiger partial charge in [0.2, 0.25) is 0 Å². The molecule has 0 N–H and O–H groups in total. The summed E-state index contributed by atoms with van der Waals surface area (Å²) >= 11 is 0. The van der Waals surface area contributed by atoms with E-state index in [1.165, 1.54) is 120 Å². The first kappa shape index (κ1) is 38.4. The molecule has 13 aromatic carbocycles. The smallest absolute Gasteiger partial charge is 0.0788 e. The fourth-order valence-corrected chi connectivity index (χ4v) is 11.1. The summed E-state index contributed by atoms with van der Waals surface area (Å²) in [6.45, 7) is 0. The summed E-state index contributed by atoms with van der Waals surface area (Å²) in [5.74, 6) is 0. The molecule has 0 saturated heterocycles. The van der Waals surface area contributed by atoms with Crippen molar-refractivity contribution in [3.63, 3.8) is 0 Å². The molecule has 1 aromatic heterocycles. The number of para-hydroxylation sites is 1. The van der Waals surface area contributed by atoms with Crippen LogP contribution in [0.4, 0.5) is 0 Å². The Morgan fingerprint density at radius 2 is 0.647 bits per heavy atom. The zero-order valence-electron chi connectivity index (χ0n) is 37.1. The van der Waals surface area contributed by atoms with E-state index in [1.54, 1.807) is 0 Å². The molecule has 0 amide bonds. The highest BCUT2D eigenvalue weighted by molar-refractivity contribution is 6.26. The van der Waals surface area contributed by atoms with Gasteiger partial charge in [-0.05, 0) is 146 Å². The summed E-state index contributed by atoms with van der Waals surface area (Å²) in [7, 11) is 0. The molecule has 0 aliphatic heterocycles. The Hall–Kier alpha value is -8.91. The lowest BCUT2D eigenvalue weighted by Crippen LogP contribution is -1.93. The van der Waals surface area contributed by atoms with Gasteiger partial charge in [-0.15, -0.1) is 0 Å². The SMILES string of the molecule is c1ccc2cc(-c3c4ccccc4c(-c4ccc5ccccc5c4)c4cc(-c5ccc(-c6cc7c(-c8ccc9ccccc9c8)nc8ccccc8c7c7ccccc67)cc5)ccc34)ccc2c1. The van der Waals surface area contributed by atoms with Gasteiger partial charge in [0, 0.05) is 21.7 Å². The van der Waals surface area contributed by atoms with Crippen LogP contribution in [0, 0.1) is 0 Å². The number of rotatable bonds is 5. The average Bonchev–Trinajstić information content (AvgIpc) is 3.41. The number of hydrogen-bond acceptors (Lipinski definition) is 1. The molecule has 0 fully saturated rings. The van der Waals surface area contributed by atoms with E-state index in [0.29, 0.717) is 0 Å². The van der Waals surface area contributed by atoms with Crippen LogP contribution in [0.25, 0.3) is 142 Å². The molecule has 1 heteroatoms. The molecule has 314 valence electrons. The highest BCUT2D eigenvalue weighted by Gasteiger charge is 2.20. The second-order valence-corrected chi connectivity index (χ2v) is 18.2. The second-order valence-electron chi connectivity index (χ2n) is 18.2. The van der Waals surface area contributed by atoms with Gasteiger partial charge < -0.3 is 0 Å². The maximum absolute atomic E-state index is 5.40. The van der Waals surface area contributed by atoms with E-state index in [1.807, 2.05) is 0 Å². The van der Waals surface area contributed by atoms with Crippen LogP contribution >= 0.6 is 0 Å². The van der Waals surface area contributed by atoms with E-state index >= 15 is 0 Å². The molecule has 1 nitrogen and oxygen atoms in total. The predicted octanol–water partition coefficient (Wildman–Crippen LogP) is 18.6. The molecule has 0 saturated carbocycles. The molecule has 0 aliphatic carbocycles. The Bertz CT molecular complexity index is 4370. The topological polar surface area (TPSA) is 12.9 Å². The number of benzene rings is 13. The minimum atomic E-state index is 1.00. The summed E-state index contributed by atoms with van der Waals surface area (Å²) in [5.41, 5.74) is 12.8. The third-order valence-corrected chi connectivity index (χ3v) is 14.4. The minimum Gasteiger partial charge on any atom is -0.247 e. The van der Waals surface area contributed by atoms with Gasteiger partial charge in [0.1, 0.15) is 0 Å². The van der Waals surface area contributed by atoms with Crippen molar-refractivity contribution in [3.8, 4) is 55.8 Å². The van der Waals surface area contributed by atoms with Crippen LogP contribution in [-0.2, 0) is 0 Å². The maximum atomic E-state index is 5.40. The van der Waals surface area contributed by atoms with Crippen molar-refractivity contribution in [1.82, 2.24) is 4.98 Å². The van der Waals surface area contributed by atoms with Crippen LogP contribution in [0.3, 0.4) is 0 Å². The minimum absolute atomic E-state index is 1.00. The van der Waals surface area contributed by atoms with E-state index < -0.39 is 0 Å². The van der Waals surface area contributed by atoms with Gasteiger partial charge in [-0.25, -0.2) is 4.98 Å². The normalized spacial score (nSPS) is 11.8. The molecule has 1 heterocycles. The Labute approximate surface area is 393 Å². The summed E-state index contributed by atoms with van der Waals surface area (Å²) in [5, 5.41) is 18.4. The molecule has 0 bridgehead atoms. The van der Waals surface area contributed by atoms with E-state index in [4.69, 9.17) is 4.98 Å². The van der Waals surface area contributed by atoms with Crippen LogP contribution in [-0.4, -0.2) is 4.98 Å². The van der Waals surface area contributed by atoms with Gasteiger partial charge in [-0.1, -0.05) is 212 Å². The molecule has 68 heavy (non-hydrogen) atoms. The zero-order valence-corrected chi connectivity index (χ0v) is 37.1. The summed E-state index contributed by atoms with van der Waals surface area (Å²) in [4.78, 5) is 5.40. The second kappa shape index (κ2) is 15.3. The van der Waals surface area contributed by atoms with Crippen LogP contribution in [0.15, 0.2) is 249 Å². The lowest BCUT2D eigenvalue weighted by Gasteiger charge is -2.19. The standard InChI is InChI=1S/C67H41N/c1-4-16-47-37-51(32-27-42(47)13-1)64-56-21-9-10-22-57(56)65(52-33-28-43-14-2-5-17-48(43)38-52)61-40-50(35-36-58(61)64)45-25-30-46(31-26-45)60-41-62-66(55-20-8-7-19-54(55)60)59-23-11-12-24-63(59)68-67(62)53-34-29-44-15-3-6-18-49(44)39-53/h1-41H. The largest absolute Gasteiger partial charge is 0.247 e. The third-order valence-electron chi connectivity index (χ3n) is 14.4. The van der Waals surface area contributed by atoms with Crippen molar-refractivity contribution >= 4 is 86.3 Å². The van der Waals surface area contributed by atoms with Crippen molar-refractivity contribution < 1.29 is 0 Å². The lowest BCUT2D eigenvalue weighted by atomic mass is 9.84. The fraction of sp³-hybridized carbons (Fsp3) is 0. The average molecular weight is 860 g/mol. The number of aromatic nitrogens is 1. The van der Waals surface area contributed by atoms with E-state index in [2.05, 4.69) is 249 Å². The van der Waals surface area contributed by atoms with Crippen LogP contribution in [0.2, 0.25) is 0 Å². The number of fused-ring (bicyclic) bond motifs is 10. The zero-order chi connectivity index (χ0) is 44.7. The van der Waals surface area contributed by atoms with Gasteiger partial charge in [0.25, 0.3) is 0 Å². The Balaban J connectivity index is 0.966. The highest BCUT2D eigenvalue weighted by atomic mass is 14.7. The van der Waals surface area contributed by atoms with Gasteiger partial charge in [0.15, 0.2) is 0 Å². The van der Waals surface area contributed by atoms with Crippen molar-refractivity contribution in [2.24, 2.45) is 0 Å². The van der Waals surface area contributed by atoms with Crippen LogP contribution < -0.4 is 0 Å². The first-order valence-electron chi connectivity index (χ1n) is 23.5. The van der Waals surface area contributed by atoms with Crippen molar-refractivity contribution in [3.05, 3.63) is 249 Å². The summed E-state index contributed by atoms with van der Waals surface area (Å²) in [6.07, 6.45) is 0. The predicted molar refractivity (Wildman–Crippen MR) is 291 cm³/mol. The maximum Gasteiger partial charge on any atom is 0.0788 e. The van der Waals surface area contributed by atoms with E-state index in [-0.39, 0.29) is 0 Å². The van der Waals surface area contributed by atoms with Gasteiger partial charge in [0.05, 0.1) is 11.2 Å². The third kappa shape index (κ3) is 6.14. The monoisotopic (exact) mass is 859 g/mol. The van der Waals surface area contributed by atoms with Crippen LogP contribution in [0.1, 0.15) is 0 Å². The molecule has 0 atom stereocenters. The van der Waals surface area contributed by atoms with Gasteiger partial charge in [-0.3, -0.25) is 0 Å². The number of nitrogens with zero attached hydrogens (tertiary/aromatic N) is 1. The van der Waals surface area contributed by atoms with E-state index in [9.17, 15) is 0 Å². The summed E-state index contributed by atoms with van der Waals surface area (Å²) < 4.78 is 0. The van der Waals surface area contributed by atoms with Gasteiger partial charge in [-0.2, -0.15) is 0 Å². The highest BCUT2D eigenvalue weighted by Crippen LogP contribution is 2.47. The quantitative estimate of drug-likeness (QED) is 0.124. The molecular weight excluding hydrogens is 819 g/mol. The van der Waals surface area contributed by atoms with Crippen molar-refractivity contribution in [1.29, 1.82) is 0 Å². The van der Waals surface area contributed by atoms with Crippen LogP contribution in [0.5, 0.6) is 0 Å². The number of hydrogen-bond donors (Lipinski definition) is 0. The Morgan fingerprint density at radius 3 is 1.26 bits per heavy atom. The summed E-state index contributed by atoms with van der Waals surface area (Å²) in [6, 6.07) is 91.7. The molecule has 14 rings (SSSR count). The fourth-order valence-electron chi connectivity index (χ4n) is 11.1. The van der Waals surface area contributed by atoms with Crippen molar-refractivity contribution in [2.75, 3.05) is 0 Å². The van der Waals surface area contributed by atoms with Crippen molar-refractivity contribution in [2.45, 2.75) is 0 Å². The molecule has 0 spiro atoms. The molecule has 0 radical (unpaired) electrons. The molecule has 0 unspecified atom stereocenters. The van der Waals surface area contributed by atoms with E-state index in [0.717, 1.165) is 22.2 Å².